The van der Waals surface area contributed by atoms with E-state index in [1.165, 1.54) is 12.1 Å². The maximum Gasteiger partial charge on any atom is 0.276 e. The van der Waals surface area contributed by atoms with Crippen LogP contribution in [0.2, 0.25) is 0 Å². The SMILES string of the molecule is Cc1cc(C)cc(-n2nc(C(=O)Nc3cc4c(cc3F)CCC(=O)N4)cc2C)c1. The number of carbonyl (C=O) groups is 2. The van der Waals surface area contributed by atoms with Crippen molar-refractivity contribution < 1.29 is 14.0 Å². The molecule has 0 bridgehead atoms. The lowest BCUT2D eigenvalue weighted by Gasteiger charge is -2.18. The molecule has 0 saturated carbocycles. The molecule has 3 aromatic rings. The lowest BCUT2D eigenvalue weighted by Crippen LogP contribution is -2.20. The van der Waals surface area contributed by atoms with Crippen LogP contribution in [0.15, 0.2) is 36.4 Å². The molecule has 4 rings (SSSR count). The molecule has 0 fully saturated rings. The largest absolute Gasteiger partial charge is 0.326 e. The zero-order chi connectivity index (χ0) is 20.7. The van der Waals surface area contributed by atoms with Crippen molar-refractivity contribution in [2.75, 3.05) is 10.6 Å². The van der Waals surface area contributed by atoms with Crippen molar-refractivity contribution in [2.45, 2.75) is 33.6 Å². The first-order chi connectivity index (χ1) is 13.8. The molecule has 0 spiro atoms. The van der Waals surface area contributed by atoms with Crippen LogP contribution in [0.25, 0.3) is 5.69 Å². The summed E-state index contributed by atoms with van der Waals surface area (Å²) in [6.07, 6.45) is 0.805. The van der Waals surface area contributed by atoms with Crippen LogP contribution in [-0.2, 0) is 11.2 Å². The van der Waals surface area contributed by atoms with Gasteiger partial charge in [-0.25, -0.2) is 9.07 Å². The number of aromatic nitrogens is 2. The van der Waals surface area contributed by atoms with Crippen molar-refractivity contribution in [3.05, 3.63) is 70.3 Å². The Kier molecular flexibility index (Phi) is 4.66. The summed E-state index contributed by atoms with van der Waals surface area (Å²) < 4.78 is 16.1. The Morgan fingerprint density at radius 2 is 1.79 bits per heavy atom. The molecule has 2 heterocycles. The van der Waals surface area contributed by atoms with Crippen LogP contribution >= 0.6 is 0 Å². The zero-order valence-corrected chi connectivity index (χ0v) is 16.5. The minimum atomic E-state index is -0.543. The molecule has 6 nitrogen and oxygen atoms in total. The highest BCUT2D eigenvalue weighted by atomic mass is 19.1. The number of amides is 2. The van der Waals surface area contributed by atoms with E-state index in [2.05, 4.69) is 21.8 Å². The minimum Gasteiger partial charge on any atom is -0.326 e. The van der Waals surface area contributed by atoms with E-state index in [0.29, 0.717) is 18.5 Å². The van der Waals surface area contributed by atoms with Gasteiger partial charge < -0.3 is 10.6 Å². The maximum atomic E-state index is 14.4. The van der Waals surface area contributed by atoms with Crippen LogP contribution in [0.5, 0.6) is 0 Å². The van der Waals surface area contributed by atoms with Gasteiger partial charge in [0, 0.05) is 17.8 Å². The average Bonchev–Trinajstić information content (AvgIpc) is 3.04. The van der Waals surface area contributed by atoms with E-state index in [1.807, 2.05) is 32.9 Å². The van der Waals surface area contributed by atoms with Gasteiger partial charge in [0.1, 0.15) is 5.82 Å². The van der Waals surface area contributed by atoms with Gasteiger partial charge >= 0.3 is 0 Å². The van der Waals surface area contributed by atoms with Crippen molar-refractivity contribution >= 4 is 23.2 Å². The number of aryl methyl sites for hydroxylation is 4. The molecule has 2 amide bonds. The first-order valence-corrected chi connectivity index (χ1v) is 9.39. The van der Waals surface area contributed by atoms with E-state index in [4.69, 9.17) is 0 Å². The molecule has 0 unspecified atom stereocenters. The molecule has 148 valence electrons. The molecule has 0 atom stereocenters. The van der Waals surface area contributed by atoms with Crippen molar-refractivity contribution in [2.24, 2.45) is 0 Å². The number of fused-ring (bicyclic) bond motifs is 1. The van der Waals surface area contributed by atoms with E-state index in [0.717, 1.165) is 28.1 Å². The zero-order valence-electron chi connectivity index (χ0n) is 16.5. The molecular formula is C22H21FN4O2. The third-order valence-corrected chi connectivity index (χ3v) is 4.91. The van der Waals surface area contributed by atoms with Gasteiger partial charge in [0.25, 0.3) is 5.91 Å². The summed E-state index contributed by atoms with van der Waals surface area (Å²) in [4.78, 5) is 24.3. The van der Waals surface area contributed by atoms with E-state index in [9.17, 15) is 14.0 Å². The molecule has 7 heteroatoms. The van der Waals surface area contributed by atoms with Gasteiger partial charge in [-0.15, -0.1) is 0 Å². The second-order valence-corrected chi connectivity index (χ2v) is 7.42. The van der Waals surface area contributed by atoms with Gasteiger partial charge in [0.2, 0.25) is 5.91 Å². The van der Waals surface area contributed by atoms with Gasteiger partial charge in [0.05, 0.1) is 11.4 Å². The summed E-state index contributed by atoms with van der Waals surface area (Å²) in [6, 6.07) is 10.5. The summed E-state index contributed by atoms with van der Waals surface area (Å²) in [5.74, 6) is -1.18. The van der Waals surface area contributed by atoms with Crippen LogP contribution in [0.1, 0.15) is 39.3 Å². The Balaban J connectivity index is 1.61. The number of anilines is 2. The molecule has 2 aromatic carbocycles. The van der Waals surface area contributed by atoms with Gasteiger partial charge in [-0.2, -0.15) is 5.10 Å². The molecule has 1 aliphatic heterocycles. The summed E-state index contributed by atoms with van der Waals surface area (Å²) >= 11 is 0. The minimum absolute atomic E-state index is 0.00885. The number of carbonyl (C=O) groups excluding carboxylic acids is 2. The smallest absolute Gasteiger partial charge is 0.276 e. The Morgan fingerprint density at radius 1 is 1.07 bits per heavy atom. The predicted molar refractivity (Wildman–Crippen MR) is 109 cm³/mol. The van der Waals surface area contributed by atoms with Gasteiger partial charge in [-0.05, 0) is 74.2 Å². The summed E-state index contributed by atoms with van der Waals surface area (Å²) in [7, 11) is 0. The topological polar surface area (TPSA) is 76.0 Å². The quantitative estimate of drug-likeness (QED) is 0.705. The Morgan fingerprint density at radius 3 is 2.52 bits per heavy atom. The molecule has 0 saturated heterocycles. The average molecular weight is 392 g/mol. The van der Waals surface area contributed by atoms with Crippen LogP contribution in [0.3, 0.4) is 0 Å². The first kappa shape index (κ1) is 18.9. The number of nitrogens with zero attached hydrogens (tertiary/aromatic N) is 2. The highest BCUT2D eigenvalue weighted by molar-refractivity contribution is 6.04. The lowest BCUT2D eigenvalue weighted by atomic mass is 10.0. The van der Waals surface area contributed by atoms with Gasteiger partial charge in [-0.1, -0.05) is 6.07 Å². The van der Waals surface area contributed by atoms with E-state index < -0.39 is 11.7 Å². The Bertz CT molecular complexity index is 1130. The molecular weight excluding hydrogens is 371 g/mol. The van der Waals surface area contributed by atoms with E-state index in [-0.39, 0.29) is 17.3 Å². The van der Waals surface area contributed by atoms with Crippen molar-refractivity contribution in [1.82, 2.24) is 9.78 Å². The van der Waals surface area contributed by atoms with Crippen LogP contribution in [0.4, 0.5) is 15.8 Å². The second-order valence-electron chi connectivity index (χ2n) is 7.42. The van der Waals surface area contributed by atoms with Gasteiger partial charge in [0.15, 0.2) is 5.69 Å². The fraction of sp³-hybridized carbons (Fsp3) is 0.227. The van der Waals surface area contributed by atoms with E-state index >= 15 is 0 Å². The molecule has 1 aliphatic rings. The Labute approximate surface area is 167 Å². The maximum absolute atomic E-state index is 14.4. The number of rotatable bonds is 3. The molecule has 29 heavy (non-hydrogen) atoms. The third-order valence-electron chi connectivity index (χ3n) is 4.91. The highest BCUT2D eigenvalue weighted by Gasteiger charge is 2.20. The number of hydrogen-bond donors (Lipinski definition) is 2. The number of halogens is 1. The Hall–Kier alpha value is -3.48. The van der Waals surface area contributed by atoms with Crippen molar-refractivity contribution in [1.29, 1.82) is 0 Å². The molecule has 1 aromatic heterocycles. The summed E-state index contributed by atoms with van der Waals surface area (Å²) in [5.41, 5.74) is 5.28. The summed E-state index contributed by atoms with van der Waals surface area (Å²) in [6.45, 7) is 5.86. The lowest BCUT2D eigenvalue weighted by molar-refractivity contribution is -0.116. The second kappa shape index (κ2) is 7.16. The number of hydrogen-bond acceptors (Lipinski definition) is 3. The van der Waals surface area contributed by atoms with Crippen LogP contribution in [-0.4, -0.2) is 21.6 Å². The first-order valence-electron chi connectivity index (χ1n) is 9.39. The molecule has 0 aliphatic carbocycles. The highest BCUT2D eigenvalue weighted by Crippen LogP contribution is 2.29. The van der Waals surface area contributed by atoms with Crippen LogP contribution < -0.4 is 10.6 Å². The monoisotopic (exact) mass is 392 g/mol. The fourth-order valence-electron chi connectivity index (χ4n) is 3.60. The predicted octanol–water partition coefficient (Wildman–Crippen LogP) is 4.07. The van der Waals surface area contributed by atoms with Crippen molar-refractivity contribution in [3.63, 3.8) is 0 Å². The van der Waals surface area contributed by atoms with E-state index in [1.54, 1.807) is 10.7 Å². The van der Waals surface area contributed by atoms with Gasteiger partial charge in [-0.3, -0.25) is 9.59 Å². The number of benzene rings is 2. The molecule has 0 radical (unpaired) electrons. The normalized spacial score (nSPS) is 13.0. The number of nitrogens with one attached hydrogen (secondary N) is 2. The summed E-state index contributed by atoms with van der Waals surface area (Å²) in [5, 5.41) is 9.67. The van der Waals surface area contributed by atoms with Crippen LogP contribution in [0, 0.1) is 26.6 Å². The third kappa shape index (κ3) is 3.76. The fourth-order valence-corrected chi connectivity index (χ4v) is 3.60. The van der Waals surface area contributed by atoms with Crippen molar-refractivity contribution in [3.8, 4) is 5.69 Å². The standard InChI is InChI=1S/C22H21FN4O2/c1-12-6-13(2)8-16(7-12)27-14(3)9-20(26-27)22(29)25-19-11-18-15(10-17(19)23)4-5-21(28)24-18/h6-11H,4-5H2,1-3H3,(H,24,28)(H,25,29). The molecule has 2 N–H and O–H groups in total.